The minimum absolute atomic E-state index is 0.0556. The molecule has 0 aromatic heterocycles. The summed E-state index contributed by atoms with van der Waals surface area (Å²) in [5.74, 6) is -0.578. The van der Waals surface area contributed by atoms with Crippen LogP contribution in [0.25, 0.3) is 0 Å². The van der Waals surface area contributed by atoms with E-state index >= 15 is 0 Å². The minimum atomic E-state index is -3.02. The summed E-state index contributed by atoms with van der Waals surface area (Å²) in [5.41, 5.74) is 0. The lowest BCUT2D eigenvalue weighted by Crippen LogP contribution is -2.50. The van der Waals surface area contributed by atoms with Gasteiger partial charge in [-0.2, -0.15) is 0 Å². The fourth-order valence-electron chi connectivity index (χ4n) is 2.32. The second-order valence-corrected chi connectivity index (χ2v) is 7.15. The van der Waals surface area contributed by atoms with Gasteiger partial charge in [0.15, 0.2) is 9.84 Å². The van der Waals surface area contributed by atoms with Crippen LogP contribution in [0.3, 0.4) is 0 Å². The predicted octanol–water partition coefficient (Wildman–Crippen LogP) is 0.606. The second kappa shape index (κ2) is 5.82. The Kier molecular flexibility index (Phi) is 4.94. The van der Waals surface area contributed by atoms with Crippen LogP contribution in [0, 0.1) is 5.92 Å². The zero-order chi connectivity index (χ0) is 13.1. The molecule has 1 fully saturated rings. The molecule has 1 saturated heterocycles. The third kappa shape index (κ3) is 3.96. The van der Waals surface area contributed by atoms with Gasteiger partial charge in [0.1, 0.15) is 6.04 Å². The van der Waals surface area contributed by atoms with Gasteiger partial charge in [-0.3, -0.25) is 9.69 Å². The van der Waals surface area contributed by atoms with E-state index in [2.05, 4.69) is 0 Å². The largest absolute Gasteiger partial charge is 0.480 e. The van der Waals surface area contributed by atoms with Crippen molar-refractivity contribution >= 4 is 15.8 Å². The summed E-state index contributed by atoms with van der Waals surface area (Å²) in [7, 11) is -3.02. The van der Waals surface area contributed by atoms with E-state index < -0.39 is 21.8 Å². The summed E-state index contributed by atoms with van der Waals surface area (Å²) in [6.07, 6.45) is 1.84. The summed E-state index contributed by atoms with van der Waals surface area (Å²) in [6.45, 7) is 4.54. The highest BCUT2D eigenvalue weighted by molar-refractivity contribution is 7.91. The lowest BCUT2D eigenvalue weighted by atomic mass is 9.91. The Morgan fingerprint density at radius 1 is 1.47 bits per heavy atom. The number of nitrogens with zero attached hydrogens (tertiary/aromatic N) is 1. The summed E-state index contributed by atoms with van der Waals surface area (Å²) in [5, 5.41) is 9.17. The van der Waals surface area contributed by atoms with Crippen LogP contribution in [-0.4, -0.2) is 55.0 Å². The molecule has 2 atom stereocenters. The average molecular weight is 263 g/mol. The predicted molar refractivity (Wildman–Crippen MR) is 65.7 cm³/mol. The van der Waals surface area contributed by atoms with Gasteiger partial charge in [0.05, 0.1) is 5.75 Å². The van der Waals surface area contributed by atoms with Crippen LogP contribution in [0.2, 0.25) is 0 Å². The average Bonchev–Trinajstić information content (AvgIpc) is 2.26. The Morgan fingerprint density at radius 3 is 2.65 bits per heavy atom. The van der Waals surface area contributed by atoms with Gasteiger partial charge in [0.2, 0.25) is 0 Å². The molecule has 1 aliphatic rings. The zero-order valence-electron chi connectivity index (χ0n) is 10.4. The van der Waals surface area contributed by atoms with Gasteiger partial charge >= 0.3 is 5.97 Å². The van der Waals surface area contributed by atoms with Crippen LogP contribution in [0.4, 0.5) is 0 Å². The maximum Gasteiger partial charge on any atom is 0.321 e. The van der Waals surface area contributed by atoms with E-state index in [0.717, 1.165) is 12.8 Å². The van der Waals surface area contributed by atoms with Gasteiger partial charge in [0.25, 0.3) is 0 Å². The van der Waals surface area contributed by atoms with Crippen molar-refractivity contribution < 1.29 is 18.3 Å². The first-order valence-corrected chi connectivity index (χ1v) is 7.87. The summed E-state index contributed by atoms with van der Waals surface area (Å²) < 4.78 is 22.9. The Hall–Kier alpha value is -0.620. The number of hydrogen-bond acceptors (Lipinski definition) is 4. The van der Waals surface area contributed by atoms with Gasteiger partial charge in [-0.25, -0.2) is 8.42 Å². The van der Waals surface area contributed by atoms with Crippen molar-refractivity contribution in [2.24, 2.45) is 5.92 Å². The molecule has 1 N–H and O–H groups in total. The molecule has 0 aromatic rings. The van der Waals surface area contributed by atoms with E-state index in [9.17, 15) is 18.3 Å². The molecule has 0 aromatic carbocycles. The van der Waals surface area contributed by atoms with Crippen LogP contribution in [0.5, 0.6) is 0 Å². The molecule has 1 rings (SSSR count). The van der Waals surface area contributed by atoms with E-state index in [4.69, 9.17) is 0 Å². The number of hydrogen-bond donors (Lipinski definition) is 1. The van der Waals surface area contributed by atoms with Crippen molar-refractivity contribution in [3.05, 3.63) is 0 Å². The van der Waals surface area contributed by atoms with Crippen molar-refractivity contribution in [1.82, 2.24) is 4.90 Å². The molecular weight excluding hydrogens is 242 g/mol. The zero-order valence-corrected chi connectivity index (χ0v) is 11.2. The van der Waals surface area contributed by atoms with Gasteiger partial charge < -0.3 is 5.11 Å². The SMILES string of the molecule is CCS(=O)(=O)CCN1CCCC(C)C1C(=O)O. The smallest absolute Gasteiger partial charge is 0.321 e. The first-order valence-electron chi connectivity index (χ1n) is 6.04. The minimum Gasteiger partial charge on any atom is -0.480 e. The fraction of sp³-hybridized carbons (Fsp3) is 0.909. The maximum atomic E-state index is 11.4. The number of carboxylic acid groups (broad SMARTS) is 1. The fourth-order valence-corrected chi connectivity index (χ4v) is 3.13. The monoisotopic (exact) mass is 263 g/mol. The maximum absolute atomic E-state index is 11.4. The first kappa shape index (κ1) is 14.4. The van der Waals surface area contributed by atoms with Crippen LogP contribution in [0.15, 0.2) is 0 Å². The molecule has 0 spiro atoms. The summed E-state index contributed by atoms with van der Waals surface area (Å²) in [4.78, 5) is 13.0. The van der Waals surface area contributed by atoms with Gasteiger partial charge in [-0.05, 0) is 25.3 Å². The molecule has 0 saturated carbocycles. The number of carbonyl (C=O) groups is 1. The number of likely N-dealkylation sites (tertiary alicyclic amines) is 1. The normalized spacial score (nSPS) is 26.9. The van der Waals surface area contributed by atoms with Crippen molar-refractivity contribution in [3.8, 4) is 0 Å². The standard InChI is InChI=1S/C11H21NO4S/c1-3-17(15,16)8-7-12-6-4-5-9(2)10(12)11(13)14/h9-10H,3-8H2,1-2H3,(H,13,14). The molecule has 2 unspecified atom stereocenters. The Labute approximate surface area is 103 Å². The first-order chi connectivity index (χ1) is 7.87. The Morgan fingerprint density at radius 2 is 2.12 bits per heavy atom. The number of piperidine rings is 1. The van der Waals surface area contributed by atoms with Crippen molar-refractivity contribution in [3.63, 3.8) is 0 Å². The number of aliphatic carboxylic acids is 1. The molecule has 17 heavy (non-hydrogen) atoms. The molecule has 1 aliphatic heterocycles. The van der Waals surface area contributed by atoms with Crippen LogP contribution < -0.4 is 0 Å². The molecule has 100 valence electrons. The van der Waals surface area contributed by atoms with Crippen molar-refractivity contribution in [1.29, 1.82) is 0 Å². The van der Waals surface area contributed by atoms with Gasteiger partial charge in [-0.15, -0.1) is 0 Å². The van der Waals surface area contributed by atoms with Crippen molar-refractivity contribution in [2.75, 3.05) is 24.6 Å². The van der Waals surface area contributed by atoms with Gasteiger partial charge in [0, 0.05) is 12.3 Å². The third-order valence-electron chi connectivity index (χ3n) is 3.42. The third-order valence-corrected chi connectivity index (χ3v) is 5.10. The van der Waals surface area contributed by atoms with E-state index in [-0.39, 0.29) is 17.4 Å². The van der Waals surface area contributed by atoms with E-state index in [0.29, 0.717) is 13.1 Å². The van der Waals surface area contributed by atoms with Crippen LogP contribution >= 0.6 is 0 Å². The summed E-state index contributed by atoms with van der Waals surface area (Å²) >= 11 is 0. The topological polar surface area (TPSA) is 74.7 Å². The molecule has 5 nitrogen and oxygen atoms in total. The summed E-state index contributed by atoms with van der Waals surface area (Å²) in [6, 6.07) is -0.532. The molecule has 0 amide bonds. The Balaban J connectivity index is 2.64. The lowest BCUT2D eigenvalue weighted by Gasteiger charge is -2.37. The van der Waals surface area contributed by atoms with Crippen LogP contribution in [0.1, 0.15) is 26.7 Å². The highest BCUT2D eigenvalue weighted by Gasteiger charge is 2.34. The van der Waals surface area contributed by atoms with Gasteiger partial charge in [-0.1, -0.05) is 13.8 Å². The molecule has 0 bridgehead atoms. The molecular formula is C11H21NO4S. The van der Waals surface area contributed by atoms with E-state index in [1.165, 1.54) is 0 Å². The lowest BCUT2D eigenvalue weighted by molar-refractivity contribution is -0.146. The molecule has 1 heterocycles. The number of carboxylic acids is 1. The van der Waals surface area contributed by atoms with Crippen molar-refractivity contribution in [2.45, 2.75) is 32.7 Å². The number of rotatable bonds is 5. The highest BCUT2D eigenvalue weighted by Crippen LogP contribution is 2.23. The molecule has 6 heteroatoms. The molecule has 0 aliphatic carbocycles. The van der Waals surface area contributed by atoms with E-state index in [1.807, 2.05) is 6.92 Å². The van der Waals surface area contributed by atoms with Crippen LogP contribution in [-0.2, 0) is 14.6 Å². The number of sulfone groups is 1. The second-order valence-electron chi connectivity index (χ2n) is 4.67. The van der Waals surface area contributed by atoms with E-state index in [1.54, 1.807) is 11.8 Å². The quantitative estimate of drug-likeness (QED) is 0.786. The highest BCUT2D eigenvalue weighted by atomic mass is 32.2. The molecule has 0 radical (unpaired) electrons. The Bertz CT molecular complexity index is 366.